The predicted molar refractivity (Wildman–Crippen MR) is 42.5 cm³/mol. The van der Waals surface area contributed by atoms with Crippen molar-refractivity contribution in [2.45, 2.75) is 19.9 Å². The van der Waals surface area contributed by atoms with Gasteiger partial charge >= 0.3 is 0 Å². The van der Waals surface area contributed by atoms with E-state index in [0.717, 1.165) is 0 Å². The average Bonchev–Trinajstić information content (AvgIpc) is 2.31. The highest BCUT2D eigenvalue weighted by atomic mass is 35.5. The lowest BCUT2D eigenvalue weighted by molar-refractivity contribution is -0.117. The van der Waals surface area contributed by atoms with Gasteiger partial charge in [-0.1, -0.05) is 0 Å². The van der Waals surface area contributed by atoms with Crippen molar-refractivity contribution in [1.82, 2.24) is 9.55 Å². The number of aryl methyl sites for hydroxylation is 1. The second-order valence-corrected chi connectivity index (χ2v) is 2.68. The van der Waals surface area contributed by atoms with E-state index in [4.69, 9.17) is 11.6 Å². The van der Waals surface area contributed by atoms with Crippen LogP contribution < -0.4 is 0 Å². The third-order valence-corrected chi connectivity index (χ3v) is 1.68. The highest BCUT2D eigenvalue weighted by molar-refractivity contribution is 6.28. The zero-order valence-corrected chi connectivity index (χ0v) is 7.01. The Morgan fingerprint density at radius 2 is 2.55 bits per heavy atom. The van der Waals surface area contributed by atoms with Gasteiger partial charge in [0.2, 0.25) is 5.28 Å². The molecule has 1 rings (SSSR count). The minimum Gasteiger partial charge on any atom is -0.321 e. The number of ketones is 1. The summed E-state index contributed by atoms with van der Waals surface area (Å²) in [5.74, 6) is 0.162. The maximum Gasteiger partial charge on any atom is 0.202 e. The molecule has 0 N–H and O–H groups in total. The number of imidazole rings is 1. The molecule has 0 unspecified atom stereocenters. The molecule has 0 aliphatic carbocycles. The van der Waals surface area contributed by atoms with E-state index in [1.54, 1.807) is 23.9 Å². The molecule has 0 aromatic carbocycles. The number of aromatic nitrogens is 2. The number of Topliss-reactive ketones (excluding diaryl/α,β-unsaturated/α-hetero) is 1. The van der Waals surface area contributed by atoms with Gasteiger partial charge in [-0.3, -0.25) is 4.79 Å². The predicted octanol–water partition coefficient (Wildman–Crippen LogP) is 1.52. The van der Waals surface area contributed by atoms with Crippen LogP contribution in [0.1, 0.15) is 13.3 Å². The maximum absolute atomic E-state index is 10.6. The molecule has 1 aromatic heterocycles. The van der Waals surface area contributed by atoms with E-state index in [2.05, 4.69) is 4.98 Å². The Kier molecular flexibility index (Phi) is 2.65. The van der Waals surface area contributed by atoms with E-state index in [9.17, 15) is 4.79 Å². The number of hydrogen-bond acceptors (Lipinski definition) is 2. The number of nitrogens with zero attached hydrogens (tertiary/aromatic N) is 2. The first kappa shape index (κ1) is 8.27. The van der Waals surface area contributed by atoms with Crippen molar-refractivity contribution in [3.63, 3.8) is 0 Å². The van der Waals surface area contributed by atoms with E-state index in [1.807, 2.05) is 0 Å². The molecular weight excluding hydrogens is 164 g/mol. The Labute approximate surface area is 70.0 Å². The quantitative estimate of drug-likeness (QED) is 0.693. The smallest absolute Gasteiger partial charge is 0.202 e. The molecule has 0 atom stereocenters. The molecule has 3 nitrogen and oxygen atoms in total. The van der Waals surface area contributed by atoms with Crippen LogP contribution in [0.4, 0.5) is 0 Å². The normalized spacial score (nSPS) is 10.0. The molecule has 1 heterocycles. The minimum atomic E-state index is 0.162. The summed E-state index contributed by atoms with van der Waals surface area (Å²) in [5, 5.41) is 0.436. The van der Waals surface area contributed by atoms with Gasteiger partial charge in [-0.05, 0) is 18.5 Å². The summed E-state index contributed by atoms with van der Waals surface area (Å²) in [6, 6.07) is 0. The summed E-state index contributed by atoms with van der Waals surface area (Å²) < 4.78 is 1.74. The summed E-state index contributed by atoms with van der Waals surface area (Å²) in [7, 11) is 0. The third-order valence-electron chi connectivity index (χ3n) is 1.37. The molecule has 0 radical (unpaired) electrons. The van der Waals surface area contributed by atoms with Crippen LogP contribution in [0.5, 0.6) is 0 Å². The molecule has 0 aliphatic rings. The Balaban J connectivity index is 2.51. The van der Waals surface area contributed by atoms with Crippen molar-refractivity contribution in [2.24, 2.45) is 0 Å². The molecule has 11 heavy (non-hydrogen) atoms. The molecule has 0 amide bonds. The van der Waals surface area contributed by atoms with Crippen LogP contribution >= 0.6 is 11.6 Å². The Bertz CT molecular complexity index is 257. The Morgan fingerprint density at radius 3 is 3.00 bits per heavy atom. The van der Waals surface area contributed by atoms with Crippen LogP contribution in [0.2, 0.25) is 5.28 Å². The van der Waals surface area contributed by atoms with Gasteiger partial charge in [0.25, 0.3) is 0 Å². The van der Waals surface area contributed by atoms with Gasteiger partial charge in [0.05, 0.1) is 0 Å². The SMILES string of the molecule is CC(=O)CCn1ccnc1Cl. The van der Waals surface area contributed by atoms with Crippen LogP contribution in [-0.4, -0.2) is 15.3 Å². The summed E-state index contributed by atoms with van der Waals surface area (Å²) >= 11 is 5.66. The lowest BCUT2D eigenvalue weighted by Gasteiger charge is -1.99. The fraction of sp³-hybridized carbons (Fsp3) is 0.429. The fourth-order valence-electron chi connectivity index (χ4n) is 0.756. The van der Waals surface area contributed by atoms with Gasteiger partial charge in [-0.2, -0.15) is 0 Å². The van der Waals surface area contributed by atoms with E-state index in [1.165, 1.54) is 0 Å². The molecule has 4 heteroatoms. The van der Waals surface area contributed by atoms with Crippen molar-refractivity contribution in [3.05, 3.63) is 17.7 Å². The summed E-state index contributed by atoms with van der Waals surface area (Å²) in [4.78, 5) is 14.4. The summed E-state index contributed by atoms with van der Waals surface area (Å²) in [5.41, 5.74) is 0. The van der Waals surface area contributed by atoms with E-state index < -0.39 is 0 Å². The largest absolute Gasteiger partial charge is 0.321 e. The van der Waals surface area contributed by atoms with Gasteiger partial charge in [0, 0.05) is 25.4 Å². The monoisotopic (exact) mass is 172 g/mol. The van der Waals surface area contributed by atoms with Crippen LogP contribution in [0.15, 0.2) is 12.4 Å². The standard InChI is InChI=1S/C7H9ClN2O/c1-6(11)2-4-10-5-3-9-7(10)8/h3,5H,2,4H2,1H3. The number of rotatable bonds is 3. The second kappa shape index (κ2) is 3.53. The molecule has 60 valence electrons. The van der Waals surface area contributed by atoms with Gasteiger partial charge < -0.3 is 4.57 Å². The number of carbonyl (C=O) groups is 1. The molecule has 0 aliphatic heterocycles. The summed E-state index contributed by atoms with van der Waals surface area (Å²) in [6.07, 6.45) is 3.88. The molecule has 0 saturated carbocycles. The second-order valence-electron chi connectivity index (χ2n) is 2.34. The van der Waals surface area contributed by atoms with Crippen molar-refractivity contribution in [1.29, 1.82) is 0 Å². The highest BCUT2D eigenvalue weighted by Crippen LogP contribution is 2.05. The number of halogens is 1. The first-order valence-corrected chi connectivity index (χ1v) is 3.74. The fourth-order valence-corrected chi connectivity index (χ4v) is 0.953. The molecule has 0 bridgehead atoms. The van der Waals surface area contributed by atoms with E-state index in [-0.39, 0.29) is 5.78 Å². The zero-order valence-electron chi connectivity index (χ0n) is 6.25. The molecule has 0 spiro atoms. The van der Waals surface area contributed by atoms with Crippen molar-refractivity contribution >= 4 is 17.4 Å². The minimum absolute atomic E-state index is 0.162. The highest BCUT2D eigenvalue weighted by Gasteiger charge is 1.99. The molecule has 0 saturated heterocycles. The van der Waals surface area contributed by atoms with Crippen LogP contribution in [-0.2, 0) is 11.3 Å². The average molecular weight is 173 g/mol. The lowest BCUT2D eigenvalue weighted by atomic mass is 10.3. The third kappa shape index (κ3) is 2.35. The summed E-state index contributed by atoms with van der Waals surface area (Å²) in [6.45, 7) is 2.18. The first-order valence-electron chi connectivity index (χ1n) is 3.36. The van der Waals surface area contributed by atoms with Crippen LogP contribution in [0.3, 0.4) is 0 Å². The van der Waals surface area contributed by atoms with Crippen LogP contribution in [0, 0.1) is 0 Å². The molecule has 1 aromatic rings. The van der Waals surface area contributed by atoms with E-state index in [0.29, 0.717) is 18.2 Å². The Hall–Kier alpha value is -0.830. The van der Waals surface area contributed by atoms with Crippen molar-refractivity contribution in [3.8, 4) is 0 Å². The maximum atomic E-state index is 10.6. The zero-order chi connectivity index (χ0) is 8.27. The van der Waals surface area contributed by atoms with Gasteiger partial charge in [0.15, 0.2) is 0 Å². The first-order chi connectivity index (χ1) is 5.20. The van der Waals surface area contributed by atoms with Crippen LogP contribution in [0.25, 0.3) is 0 Å². The Morgan fingerprint density at radius 1 is 1.82 bits per heavy atom. The van der Waals surface area contributed by atoms with Gasteiger partial charge in [-0.15, -0.1) is 0 Å². The lowest BCUT2D eigenvalue weighted by Crippen LogP contribution is -2.01. The van der Waals surface area contributed by atoms with Gasteiger partial charge in [0.1, 0.15) is 5.78 Å². The number of hydrogen-bond donors (Lipinski definition) is 0. The van der Waals surface area contributed by atoms with Gasteiger partial charge in [-0.25, -0.2) is 4.98 Å². The topological polar surface area (TPSA) is 34.9 Å². The van der Waals surface area contributed by atoms with Crippen molar-refractivity contribution < 1.29 is 4.79 Å². The van der Waals surface area contributed by atoms with Crippen molar-refractivity contribution in [2.75, 3.05) is 0 Å². The number of carbonyl (C=O) groups excluding carboxylic acids is 1. The van der Waals surface area contributed by atoms with E-state index >= 15 is 0 Å². The molecular formula is C7H9ClN2O. The molecule has 0 fully saturated rings.